The van der Waals surface area contributed by atoms with E-state index in [4.69, 9.17) is 15.7 Å². The van der Waals surface area contributed by atoms with Crippen LogP contribution >= 0.6 is 22.6 Å². The topological polar surface area (TPSA) is 76.1 Å². The van der Waals surface area contributed by atoms with E-state index >= 15 is 0 Å². The molecule has 1 aliphatic carbocycles. The van der Waals surface area contributed by atoms with Crippen molar-refractivity contribution in [2.45, 2.75) is 13.0 Å². The van der Waals surface area contributed by atoms with Gasteiger partial charge in [0.05, 0.1) is 12.5 Å². The highest BCUT2D eigenvalue weighted by molar-refractivity contribution is 14.1. The zero-order chi connectivity index (χ0) is 12.8. The molecule has 4 nitrogen and oxygen atoms in total. The number of nitrogens with zero attached hydrogens (tertiary/aromatic N) is 1. The number of carbonyl (C=O) groups excluding carboxylic acids is 1. The normalized spacial score (nSPS) is 23.9. The summed E-state index contributed by atoms with van der Waals surface area (Å²) < 4.78 is 5.91. The number of rotatable bonds is 4. The van der Waals surface area contributed by atoms with Crippen molar-refractivity contribution in [3.05, 3.63) is 33.6 Å². The number of carbonyl (C=O) groups is 1. The fourth-order valence-electron chi connectivity index (χ4n) is 1.40. The largest absolute Gasteiger partial charge is 0.500 e. The maximum absolute atomic E-state index is 12.1. The highest BCUT2D eigenvalue weighted by Crippen LogP contribution is 2.23. The van der Waals surface area contributed by atoms with Crippen LogP contribution in [0, 0.1) is 17.2 Å². The molecule has 0 aromatic heterocycles. The van der Waals surface area contributed by atoms with Crippen molar-refractivity contribution in [3.8, 4) is 6.07 Å². The molecule has 1 rings (SSSR count). The molecular formula is C12H13IN2O2. The van der Waals surface area contributed by atoms with Gasteiger partial charge in [-0.25, -0.2) is 0 Å². The quantitative estimate of drug-likeness (QED) is 0.365. The number of allylic oxidation sites excluding steroid dienone is 3. The highest BCUT2D eigenvalue weighted by atomic mass is 127. The van der Waals surface area contributed by atoms with Gasteiger partial charge in [-0.05, 0) is 29.5 Å². The van der Waals surface area contributed by atoms with E-state index in [0.29, 0.717) is 6.61 Å². The molecule has 0 saturated carbocycles. The number of ketones is 1. The lowest BCUT2D eigenvalue weighted by molar-refractivity contribution is -0.117. The zero-order valence-corrected chi connectivity index (χ0v) is 11.5. The maximum atomic E-state index is 12.1. The van der Waals surface area contributed by atoms with E-state index < -0.39 is 5.92 Å². The van der Waals surface area contributed by atoms with Crippen molar-refractivity contribution >= 4 is 28.4 Å². The molecule has 17 heavy (non-hydrogen) atoms. The van der Waals surface area contributed by atoms with E-state index in [9.17, 15) is 4.79 Å². The SMILES string of the molecule is CCO/C=C(\C#N)C(=O)C1C=C(I)C=CC1N. The van der Waals surface area contributed by atoms with Crippen molar-refractivity contribution in [2.75, 3.05) is 6.61 Å². The van der Waals surface area contributed by atoms with E-state index in [1.54, 1.807) is 19.1 Å². The lowest BCUT2D eigenvalue weighted by Gasteiger charge is -2.19. The van der Waals surface area contributed by atoms with E-state index in [0.717, 1.165) is 3.58 Å². The van der Waals surface area contributed by atoms with E-state index in [2.05, 4.69) is 22.6 Å². The van der Waals surface area contributed by atoms with E-state index in [1.165, 1.54) is 6.26 Å². The van der Waals surface area contributed by atoms with Crippen molar-refractivity contribution in [1.82, 2.24) is 0 Å². The number of Topliss-reactive ketones (excluding diaryl/α,β-unsaturated/α-hetero) is 1. The molecule has 0 spiro atoms. The van der Waals surface area contributed by atoms with Crippen LogP contribution in [-0.4, -0.2) is 18.4 Å². The van der Waals surface area contributed by atoms with Crippen LogP contribution < -0.4 is 5.73 Å². The zero-order valence-electron chi connectivity index (χ0n) is 9.39. The van der Waals surface area contributed by atoms with Crippen LogP contribution in [0.4, 0.5) is 0 Å². The molecule has 0 aromatic carbocycles. The average Bonchev–Trinajstić information content (AvgIpc) is 2.33. The molecule has 2 atom stereocenters. The first-order valence-corrected chi connectivity index (χ1v) is 6.25. The smallest absolute Gasteiger partial charge is 0.185 e. The lowest BCUT2D eigenvalue weighted by Crippen LogP contribution is -2.34. The Morgan fingerprint density at radius 3 is 3.06 bits per heavy atom. The molecule has 1 aliphatic rings. The number of hydrogen-bond donors (Lipinski definition) is 1. The van der Waals surface area contributed by atoms with Gasteiger partial charge in [-0.3, -0.25) is 4.79 Å². The Balaban J connectivity index is 2.89. The minimum Gasteiger partial charge on any atom is -0.500 e. The monoisotopic (exact) mass is 344 g/mol. The molecule has 0 saturated heterocycles. The summed E-state index contributed by atoms with van der Waals surface area (Å²) in [5, 5.41) is 8.91. The van der Waals surface area contributed by atoms with Gasteiger partial charge < -0.3 is 10.5 Å². The molecule has 5 heteroatoms. The summed E-state index contributed by atoms with van der Waals surface area (Å²) in [4.78, 5) is 12.1. The first kappa shape index (κ1) is 13.9. The Morgan fingerprint density at radius 2 is 2.47 bits per heavy atom. The fourth-order valence-corrected chi connectivity index (χ4v) is 1.99. The van der Waals surface area contributed by atoms with Crippen molar-refractivity contribution in [1.29, 1.82) is 5.26 Å². The summed E-state index contributed by atoms with van der Waals surface area (Å²) in [6.07, 6.45) is 6.59. The van der Waals surface area contributed by atoms with Crippen LogP contribution in [0.2, 0.25) is 0 Å². The molecule has 0 aromatic rings. The first-order valence-electron chi connectivity index (χ1n) is 5.17. The molecule has 90 valence electrons. The molecule has 2 unspecified atom stereocenters. The summed E-state index contributed by atoms with van der Waals surface area (Å²) in [6.45, 7) is 2.20. The van der Waals surface area contributed by atoms with Gasteiger partial charge in [0.15, 0.2) is 5.78 Å². The van der Waals surface area contributed by atoms with Gasteiger partial charge in [0.1, 0.15) is 17.9 Å². The van der Waals surface area contributed by atoms with Crippen LogP contribution in [0.5, 0.6) is 0 Å². The molecule has 0 heterocycles. The number of nitriles is 1. The Bertz CT molecular complexity index is 432. The van der Waals surface area contributed by atoms with Gasteiger partial charge in [-0.15, -0.1) is 0 Å². The second-order valence-corrected chi connectivity index (χ2v) is 4.72. The minimum absolute atomic E-state index is 0.00282. The summed E-state index contributed by atoms with van der Waals surface area (Å²) >= 11 is 2.11. The predicted molar refractivity (Wildman–Crippen MR) is 73.0 cm³/mol. The molecule has 0 amide bonds. The van der Waals surface area contributed by atoms with Gasteiger partial charge >= 0.3 is 0 Å². The van der Waals surface area contributed by atoms with Crippen molar-refractivity contribution < 1.29 is 9.53 Å². The molecule has 0 radical (unpaired) electrons. The predicted octanol–water partition coefficient (Wildman–Crippen LogP) is 1.83. The second-order valence-electron chi connectivity index (χ2n) is 3.48. The Morgan fingerprint density at radius 1 is 1.76 bits per heavy atom. The van der Waals surface area contributed by atoms with Crippen LogP contribution in [-0.2, 0) is 9.53 Å². The van der Waals surface area contributed by atoms with E-state index in [1.807, 2.05) is 12.1 Å². The van der Waals surface area contributed by atoms with Crippen LogP contribution in [0.25, 0.3) is 0 Å². The third-order valence-corrected chi connectivity index (χ3v) is 3.01. The van der Waals surface area contributed by atoms with Gasteiger partial charge in [-0.1, -0.05) is 18.2 Å². The number of hydrogen-bond acceptors (Lipinski definition) is 4. The van der Waals surface area contributed by atoms with Gasteiger partial charge in [0.2, 0.25) is 0 Å². The molecular weight excluding hydrogens is 331 g/mol. The van der Waals surface area contributed by atoms with Gasteiger partial charge in [-0.2, -0.15) is 5.26 Å². The number of ether oxygens (including phenoxy) is 1. The molecule has 0 fully saturated rings. The Labute approximate surface area is 114 Å². The van der Waals surface area contributed by atoms with Crippen molar-refractivity contribution in [3.63, 3.8) is 0 Å². The third kappa shape index (κ3) is 3.68. The van der Waals surface area contributed by atoms with Crippen molar-refractivity contribution in [2.24, 2.45) is 11.7 Å². The third-order valence-electron chi connectivity index (χ3n) is 2.29. The first-order chi connectivity index (χ1) is 8.10. The molecule has 0 bridgehead atoms. The van der Waals surface area contributed by atoms with Crippen LogP contribution in [0.1, 0.15) is 6.92 Å². The average molecular weight is 344 g/mol. The Hall–Kier alpha value is -1.13. The number of nitrogens with two attached hydrogens (primary N) is 1. The maximum Gasteiger partial charge on any atom is 0.185 e. The molecule has 0 aliphatic heterocycles. The minimum atomic E-state index is -0.488. The van der Waals surface area contributed by atoms with Crippen LogP contribution in [0.15, 0.2) is 33.6 Å². The van der Waals surface area contributed by atoms with Crippen LogP contribution in [0.3, 0.4) is 0 Å². The summed E-state index contributed by atoms with van der Waals surface area (Å²) in [7, 11) is 0. The highest BCUT2D eigenvalue weighted by Gasteiger charge is 2.27. The summed E-state index contributed by atoms with van der Waals surface area (Å²) in [5.41, 5.74) is 5.83. The molecule has 2 N–H and O–H groups in total. The lowest BCUT2D eigenvalue weighted by atomic mass is 9.89. The van der Waals surface area contributed by atoms with Gasteiger partial charge in [0.25, 0.3) is 0 Å². The summed E-state index contributed by atoms with van der Waals surface area (Å²) in [5.74, 6) is -0.787. The fraction of sp³-hybridized carbons (Fsp3) is 0.333. The van der Waals surface area contributed by atoms with Gasteiger partial charge in [0, 0.05) is 9.62 Å². The van der Waals surface area contributed by atoms with E-state index in [-0.39, 0.29) is 17.4 Å². The Kier molecular flexibility index (Phi) is 5.38. The standard InChI is InChI=1S/C12H13IN2O2/c1-2-17-7-8(6-14)12(16)10-5-9(13)3-4-11(10)15/h3-5,7,10-11H,2,15H2,1H3/b8-7+. The number of halogens is 1. The summed E-state index contributed by atoms with van der Waals surface area (Å²) in [6, 6.07) is 1.46. The second kappa shape index (κ2) is 6.57.